The number of ether oxygens (including phenoxy) is 1. The Bertz CT molecular complexity index is 330. The number of aryl methyl sites for hydroxylation is 1. The van der Waals surface area contributed by atoms with E-state index in [0.717, 1.165) is 12.2 Å². The Balaban J connectivity index is 2.10. The lowest BCUT2D eigenvalue weighted by molar-refractivity contribution is -0.135. The topological polar surface area (TPSA) is 9.23 Å². The number of benzene rings is 1. The molecule has 0 spiro atoms. The standard InChI is InChI=1S/C14H19F3O/c1-2-12-6-8-13(9-7-12)18-11-5-3-4-10-14(15,16)17/h6-9H,2-5,10-11H2,1H3. The van der Waals surface area contributed by atoms with Gasteiger partial charge in [0.1, 0.15) is 5.75 Å². The summed E-state index contributed by atoms with van der Waals surface area (Å²) in [6, 6.07) is 7.79. The van der Waals surface area contributed by atoms with Crippen LogP contribution < -0.4 is 4.74 Å². The Hall–Kier alpha value is -1.19. The first-order valence-corrected chi connectivity index (χ1v) is 6.30. The van der Waals surface area contributed by atoms with Gasteiger partial charge in [-0.3, -0.25) is 0 Å². The predicted molar refractivity (Wildman–Crippen MR) is 65.8 cm³/mol. The fraction of sp³-hybridized carbons (Fsp3) is 0.571. The van der Waals surface area contributed by atoms with E-state index in [9.17, 15) is 13.2 Å². The number of halogens is 3. The second kappa shape index (κ2) is 7.29. The Morgan fingerprint density at radius 2 is 1.67 bits per heavy atom. The normalized spacial score (nSPS) is 11.6. The zero-order valence-electron chi connectivity index (χ0n) is 10.6. The summed E-state index contributed by atoms with van der Waals surface area (Å²) in [7, 11) is 0. The molecule has 1 nitrogen and oxygen atoms in total. The molecule has 0 radical (unpaired) electrons. The zero-order chi connectivity index (χ0) is 13.4. The van der Waals surface area contributed by atoms with Gasteiger partial charge < -0.3 is 4.74 Å². The maximum atomic E-state index is 11.9. The molecule has 0 N–H and O–H groups in total. The first-order valence-electron chi connectivity index (χ1n) is 6.30. The number of unbranched alkanes of at least 4 members (excludes halogenated alkanes) is 2. The SMILES string of the molecule is CCc1ccc(OCCCCCC(F)(F)F)cc1. The summed E-state index contributed by atoms with van der Waals surface area (Å²) in [6.45, 7) is 2.56. The summed E-state index contributed by atoms with van der Waals surface area (Å²) in [4.78, 5) is 0. The fourth-order valence-electron chi connectivity index (χ4n) is 1.62. The minimum absolute atomic E-state index is 0.182. The highest BCUT2D eigenvalue weighted by atomic mass is 19.4. The van der Waals surface area contributed by atoms with Gasteiger partial charge in [0.15, 0.2) is 0 Å². The van der Waals surface area contributed by atoms with E-state index in [2.05, 4.69) is 6.92 Å². The maximum absolute atomic E-state index is 11.9. The van der Waals surface area contributed by atoms with Crippen molar-refractivity contribution in [2.75, 3.05) is 6.61 Å². The average molecular weight is 260 g/mol. The highest BCUT2D eigenvalue weighted by Gasteiger charge is 2.25. The van der Waals surface area contributed by atoms with Gasteiger partial charge in [-0.05, 0) is 43.4 Å². The molecule has 0 saturated heterocycles. The molecule has 0 fully saturated rings. The van der Waals surface area contributed by atoms with Gasteiger partial charge in [0.25, 0.3) is 0 Å². The zero-order valence-corrected chi connectivity index (χ0v) is 10.6. The van der Waals surface area contributed by atoms with Crippen LogP contribution in [0.25, 0.3) is 0 Å². The van der Waals surface area contributed by atoms with Crippen molar-refractivity contribution >= 4 is 0 Å². The molecule has 0 aliphatic carbocycles. The molecule has 18 heavy (non-hydrogen) atoms. The highest BCUT2D eigenvalue weighted by Crippen LogP contribution is 2.22. The third-order valence-electron chi connectivity index (χ3n) is 2.70. The lowest BCUT2D eigenvalue weighted by Gasteiger charge is -2.08. The van der Waals surface area contributed by atoms with E-state index in [0.29, 0.717) is 19.4 Å². The molecule has 0 amide bonds. The van der Waals surface area contributed by atoms with Crippen LogP contribution in [0, 0.1) is 0 Å². The lowest BCUT2D eigenvalue weighted by Crippen LogP contribution is -2.06. The summed E-state index contributed by atoms with van der Waals surface area (Å²) in [6.07, 6.45) is -2.35. The van der Waals surface area contributed by atoms with E-state index in [1.807, 2.05) is 24.3 Å². The smallest absolute Gasteiger partial charge is 0.389 e. The first-order chi connectivity index (χ1) is 8.51. The molecule has 0 aliphatic heterocycles. The van der Waals surface area contributed by atoms with Gasteiger partial charge in [-0.15, -0.1) is 0 Å². The van der Waals surface area contributed by atoms with E-state index >= 15 is 0 Å². The van der Waals surface area contributed by atoms with Crippen LogP contribution in [0.2, 0.25) is 0 Å². The Morgan fingerprint density at radius 3 is 2.22 bits per heavy atom. The molecule has 1 aromatic rings. The second-order valence-electron chi connectivity index (χ2n) is 4.27. The van der Waals surface area contributed by atoms with Gasteiger partial charge in [0, 0.05) is 6.42 Å². The van der Waals surface area contributed by atoms with Crippen molar-refractivity contribution in [1.29, 1.82) is 0 Å². The van der Waals surface area contributed by atoms with E-state index in [1.165, 1.54) is 5.56 Å². The molecule has 102 valence electrons. The maximum Gasteiger partial charge on any atom is 0.389 e. The van der Waals surface area contributed by atoms with Crippen LogP contribution in [0.5, 0.6) is 5.75 Å². The van der Waals surface area contributed by atoms with Crippen molar-refractivity contribution in [3.05, 3.63) is 29.8 Å². The van der Waals surface area contributed by atoms with Gasteiger partial charge in [-0.25, -0.2) is 0 Å². The largest absolute Gasteiger partial charge is 0.494 e. The molecular weight excluding hydrogens is 241 g/mol. The Kier molecular flexibility index (Phi) is 6.02. The van der Waals surface area contributed by atoms with Crippen molar-refractivity contribution in [2.24, 2.45) is 0 Å². The van der Waals surface area contributed by atoms with Gasteiger partial charge in [-0.1, -0.05) is 19.1 Å². The van der Waals surface area contributed by atoms with Gasteiger partial charge >= 0.3 is 6.18 Å². The molecule has 0 atom stereocenters. The van der Waals surface area contributed by atoms with Crippen LogP contribution in [0.3, 0.4) is 0 Å². The monoisotopic (exact) mass is 260 g/mol. The summed E-state index contributed by atoms with van der Waals surface area (Å²) in [5, 5.41) is 0. The summed E-state index contributed by atoms with van der Waals surface area (Å²) < 4.78 is 41.1. The van der Waals surface area contributed by atoms with Crippen molar-refractivity contribution in [3.8, 4) is 5.75 Å². The fourth-order valence-corrected chi connectivity index (χ4v) is 1.62. The third-order valence-corrected chi connectivity index (χ3v) is 2.70. The third kappa shape index (κ3) is 6.52. The van der Waals surface area contributed by atoms with Crippen molar-refractivity contribution in [3.63, 3.8) is 0 Å². The van der Waals surface area contributed by atoms with Crippen LogP contribution >= 0.6 is 0 Å². The summed E-state index contributed by atoms with van der Waals surface area (Å²) in [5.74, 6) is 0.781. The van der Waals surface area contributed by atoms with E-state index in [-0.39, 0.29) is 6.42 Å². The Labute approximate surface area is 106 Å². The highest BCUT2D eigenvalue weighted by molar-refractivity contribution is 5.27. The van der Waals surface area contributed by atoms with Crippen LogP contribution in [0.15, 0.2) is 24.3 Å². The molecule has 0 unspecified atom stereocenters. The molecule has 0 bridgehead atoms. The van der Waals surface area contributed by atoms with Crippen molar-refractivity contribution < 1.29 is 17.9 Å². The minimum Gasteiger partial charge on any atom is -0.494 e. The first kappa shape index (κ1) is 14.9. The molecule has 0 aliphatic rings. The summed E-state index contributed by atoms with van der Waals surface area (Å²) in [5.41, 5.74) is 1.24. The predicted octanol–water partition coefficient (Wildman–Crippen LogP) is 4.75. The Morgan fingerprint density at radius 1 is 1.00 bits per heavy atom. The van der Waals surface area contributed by atoms with Gasteiger partial charge in [0.2, 0.25) is 0 Å². The number of hydrogen-bond acceptors (Lipinski definition) is 1. The van der Waals surface area contributed by atoms with E-state index in [4.69, 9.17) is 4.74 Å². The molecule has 4 heteroatoms. The van der Waals surface area contributed by atoms with E-state index in [1.54, 1.807) is 0 Å². The van der Waals surface area contributed by atoms with E-state index < -0.39 is 12.6 Å². The second-order valence-corrected chi connectivity index (χ2v) is 4.27. The van der Waals surface area contributed by atoms with Crippen LogP contribution in [-0.2, 0) is 6.42 Å². The lowest BCUT2D eigenvalue weighted by atomic mass is 10.2. The average Bonchev–Trinajstić information content (AvgIpc) is 2.33. The van der Waals surface area contributed by atoms with Crippen LogP contribution in [0.1, 0.15) is 38.2 Å². The van der Waals surface area contributed by atoms with Crippen molar-refractivity contribution in [1.82, 2.24) is 0 Å². The molecule has 0 aromatic heterocycles. The van der Waals surface area contributed by atoms with Crippen LogP contribution in [0.4, 0.5) is 13.2 Å². The molecule has 1 rings (SSSR count). The molecule has 0 heterocycles. The summed E-state index contributed by atoms with van der Waals surface area (Å²) >= 11 is 0. The van der Waals surface area contributed by atoms with Crippen LogP contribution in [-0.4, -0.2) is 12.8 Å². The molecular formula is C14H19F3O. The van der Waals surface area contributed by atoms with Crippen molar-refractivity contribution in [2.45, 2.75) is 45.2 Å². The van der Waals surface area contributed by atoms with Gasteiger partial charge in [0.05, 0.1) is 6.61 Å². The van der Waals surface area contributed by atoms with Gasteiger partial charge in [-0.2, -0.15) is 13.2 Å². The molecule has 1 aromatic carbocycles. The minimum atomic E-state index is -4.03. The number of alkyl halides is 3. The number of rotatable bonds is 7. The molecule has 0 saturated carbocycles. The number of hydrogen-bond donors (Lipinski definition) is 0. The quantitative estimate of drug-likeness (QED) is 0.643.